The minimum atomic E-state index is -0.693. The number of ketones is 1. The first-order chi connectivity index (χ1) is 13.2. The third kappa shape index (κ3) is 4.64. The van der Waals surface area contributed by atoms with Crippen LogP contribution in [-0.4, -0.2) is 56.1 Å². The molecular formula is C21H28N2O4. The highest BCUT2D eigenvalue weighted by atomic mass is 16.7. The zero-order valence-electron chi connectivity index (χ0n) is 16.1. The number of hydroxylamine groups is 2. The SMILES string of the molecule is COCC1(OC)CN=CC=C1N(OCc1ccccc1)C1CCC(=O)CC1. The quantitative estimate of drug-likeness (QED) is 0.657. The molecule has 0 spiro atoms. The molecule has 2 aliphatic rings. The van der Waals surface area contributed by atoms with Crippen LogP contribution in [0.3, 0.4) is 0 Å². The Kier molecular flexibility index (Phi) is 6.77. The Morgan fingerprint density at radius 3 is 2.59 bits per heavy atom. The van der Waals surface area contributed by atoms with Crippen LogP contribution in [0.1, 0.15) is 31.2 Å². The smallest absolute Gasteiger partial charge is 0.152 e. The van der Waals surface area contributed by atoms with Crippen LogP contribution in [0.2, 0.25) is 0 Å². The van der Waals surface area contributed by atoms with Crippen LogP contribution in [0.15, 0.2) is 47.1 Å². The first-order valence-electron chi connectivity index (χ1n) is 9.41. The standard InChI is InChI=1S/C21H28N2O4/c1-25-16-21(26-2)15-22-13-12-20(21)23(18-8-10-19(24)11-9-18)27-14-17-6-4-3-5-7-17/h3-7,12-13,18H,8-11,14-16H2,1-2H3. The van der Waals surface area contributed by atoms with Gasteiger partial charge in [-0.15, -0.1) is 0 Å². The van der Waals surface area contributed by atoms with Gasteiger partial charge in [-0.2, -0.15) is 0 Å². The van der Waals surface area contributed by atoms with Crippen molar-refractivity contribution >= 4 is 12.0 Å². The molecule has 1 unspecified atom stereocenters. The number of methoxy groups -OCH3 is 2. The zero-order chi connectivity index (χ0) is 19.1. The molecule has 6 heteroatoms. The van der Waals surface area contributed by atoms with Crippen molar-refractivity contribution in [3.63, 3.8) is 0 Å². The summed E-state index contributed by atoms with van der Waals surface area (Å²) in [5.41, 5.74) is 1.30. The zero-order valence-corrected chi connectivity index (χ0v) is 16.1. The summed E-state index contributed by atoms with van der Waals surface area (Å²) in [6.45, 7) is 1.30. The maximum absolute atomic E-state index is 11.7. The largest absolute Gasteiger partial charge is 0.381 e. The molecule has 0 radical (unpaired) electrons. The molecule has 27 heavy (non-hydrogen) atoms. The van der Waals surface area contributed by atoms with Gasteiger partial charge in [-0.25, -0.2) is 0 Å². The van der Waals surface area contributed by atoms with Gasteiger partial charge in [0.05, 0.1) is 31.5 Å². The Morgan fingerprint density at radius 2 is 1.93 bits per heavy atom. The molecule has 0 aromatic heterocycles. The number of Topliss-reactive ketones (excluding diaryl/α,β-unsaturated/α-hetero) is 1. The fourth-order valence-electron chi connectivity index (χ4n) is 3.66. The Morgan fingerprint density at radius 1 is 1.19 bits per heavy atom. The van der Waals surface area contributed by atoms with E-state index >= 15 is 0 Å². The summed E-state index contributed by atoms with van der Waals surface area (Å²) < 4.78 is 11.3. The van der Waals surface area contributed by atoms with Crippen LogP contribution >= 0.6 is 0 Å². The van der Waals surface area contributed by atoms with Gasteiger partial charge in [-0.1, -0.05) is 30.3 Å². The van der Waals surface area contributed by atoms with E-state index in [-0.39, 0.29) is 6.04 Å². The van der Waals surface area contributed by atoms with Crippen LogP contribution in [0, 0.1) is 0 Å². The molecule has 1 atom stereocenters. The highest BCUT2D eigenvalue weighted by molar-refractivity contribution is 5.79. The van der Waals surface area contributed by atoms with Crippen LogP contribution in [0.25, 0.3) is 0 Å². The topological polar surface area (TPSA) is 60.4 Å². The Labute approximate surface area is 160 Å². The highest BCUT2D eigenvalue weighted by Gasteiger charge is 2.42. The number of ether oxygens (including phenoxy) is 2. The second-order valence-corrected chi connectivity index (χ2v) is 7.03. The lowest BCUT2D eigenvalue weighted by atomic mass is 9.91. The molecule has 1 aromatic carbocycles. The molecule has 146 valence electrons. The van der Waals surface area contributed by atoms with Crippen LogP contribution in [-0.2, 0) is 25.7 Å². The number of benzene rings is 1. The predicted octanol–water partition coefficient (Wildman–Crippen LogP) is 2.93. The molecule has 6 nitrogen and oxygen atoms in total. The third-order valence-corrected chi connectivity index (χ3v) is 5.21. The molecule has 1 aliphatic heterocycles. The molecule has 0 amide bonds. The number of rotatable bonds is 8. The predicted molar refractivity (Wildman–Crippen MR) is 103 cm³/mol. The summed E-state index contributed by atoms with van der Waals surface area (Å²) in [6.07, 6.45) is 6.44. The summed E-state index contributed by atoms with van der Waals surface area (Å²) in [6, 6.07) is 10.2. The second-order valence-electron chi connectivity index (χ2n) is 7.03. The van der Waals surface area contributed by atoms with E-state index in [1.807, 2.05) is 41.5 Å². The maximum Gasteiger partial charge on any atom is 0.152 e. The van der Waals surface area contributed by atoms with Gasteiger partial charge in [0.1, 0.15) is 5.78 Å². The third-order valence-electron chi connectivity index (χ3n) is 5.21. The number of carbonyl (C=O) groups excluding carboxylic acids is 1. The first kappa shape index (κ1) is 19.7. The molecule has 1 aromatic rings. The number of aliphatic imine (C=N–C) groups is 1. The second kappa shape index (κ2) is 9.26. The molecule has 1 fully saturated rings. The van der Waals surface area contributed by atoms with Crippen LogP contribution in [0.5, 0.6) is 0 Å². The highest BCUT2D eigenvalue weighted by Crippen LogP contribution is 2.33. The number of carbonyl (C=O) groups is 1. The van der Waals surface area contributed by atoms with E-state index in [1.54, 1.807) is 20.4 Å². The molecule has 0 bridgehead atoms. The average molecular weight is 372 g/mol. The lowest BCUT2D eigenvalue weighted by Crippen LogP contribution is -2.52. The van der Waals surface area contributed by atoms with E-state index in [1.165, 1.54) is 0 Å². The fourth-order valence-corrected chi connectivity index (χ4v) is 3.66. The van der Waals surface area contributed by atoms with Crippen LogP contribution in [0.4, 0.5) is 0 Å². The van der Waals surface area contributed by atoms with Gasteiger partial charge in [-0.3, -0.25) is 19.7 Å². The summed E-state index contributed by atoms with van der Waals surface area (Å²) in [5, 5.41) is 1.95. The van der Waals surface area contributed by atoms with Gasteiger partial charge in [0.25, 0.3) is 0 Å². The first-order valence-corrected chi connectivity index (χ1v) is 9.41. The molecular weight excluding hydrogens is 344 g/mol. The minimum Gasteiger partial charge on any atom is -0.381 e. The van der Waals surface area contributed by atoms with E-state index in [0.717, 1.165) is 24.1 Å². The van der Waals surface area contributed by atoms with Gasteiger partial charge in [-0.05, 0) is 24.5 Å². The van der Waals surface area contributed by atoms with Gasteiger partial charge in [0.15, 0.2) is 5.60 Å². The van der Waals surface area contributed by atoms with Crippen molar-refractivity contribution in [1.82, 2.24) is 5.06 Å². The van der Waals surface area contributed by atoms with E-state index in [4.69, 9.17) is 14.3 Å². The van der Waals surface area contributed by atoms with Crippen molar-refractivity contribution in [2.45, 2.75) is 43.9 Å². The molecule has 0 N–H and O–H groups in total. The maximum atomic E-state index is 11.7. The average Bonchev–Trinajstić information content (AvgIpc) is 2.71. The number of hydrogen-bond donors (Lipinski definition) is 0. The number of dihydropyridines is 1. The van der Waals surface area contributed by atoms with Crippen molar-refractivity contribution in [2.75, 3.05) is 27.4 Å². The van der Waals surface area contributed by atoms with Gasteiger partial charge in [0, 0.05) is 33.3 Å². The van der Waals surface area contributed by atoms with Gasteiger partial charge < -0.3 is 9.47 Å². The van der Waals surface area contributed by atoms with E-state index < -0.39 is 5.60 Å². The molecule has 1 aliphatic carbocycles. The monoisotopic (exact) mass is 372 g/mol. The van der Waals surface area contributed by atoms with E-state index in [2.05, 4.69) is 4.99 Å². The van der Waals surface area contributed by atoms with Crippen molar-refractivity contribution in [3.05, 3.63) is 47.7 Å². The molecule has 0 saturated heterocycles. The Balaban J connectivity index is 1.86. The number of nitrogens with zero attached hydrogens (tertiary/aromatic N) is 2. The van der Waals surface area contributed by atoms with E-state index in [0.29, 0.717) is 38.4 Å². The lowest BCUT2D eigenvalue weighted by molar-refractivity contribution is -0.201. The summed E-state index contributed by atoms with van der Waals surface area (Å²) in [4.78, 5) is 22.4. The Hall–Kier alpha value is -2.02. The normalized spacial score (nSPS) is 23.3. The summed E-state index contributed by atoms with van der Waals surface area (Å²) in [7, 11) is 3.33. The lowest BCUT2D eigenvalue weighted by Gasteiger charge is -2.44. The van der Waals surface area contributed by atoms with Crippen molar-refractivity contribution < 1.29 is 19.1 Å². The van der Waals surface area contributed by atoms with Gasteiger partial charge >= 0.3 is 0 Å². The summed E-state index contributed by atoms with van der Waals surface area (Å²) in [5.74, 6) is 0.323. The molecule has 1 heterocycles. The van der Waals surface area contributed by atoms with Crippen molar-refractivity contribution in [1.29, 1.82) is 0 Å². The molecule has 3 rings (SSSR count). The van der Waals surface area contributed by atoms with Crippen LogP contribution < -0.4 is 0 Å². The number of hydrogen-bond acceptors (Lipinski definition) is 6. The summed E-state index contributed by atoms with van der Waals surface area (Å²) >= 11 is 0. The minimum absolute atomic E-state index is 0.121. The van der Waals surface area contributed by atoms with Gasteiger partial charge in [0.2, 0.25) is 0 Å². The van der Waals surface area contributed by atoms with Crippen molar-refractivity contribution in [3.8, 4) is 0 Å². The van der Waals surface area contributed by atoms with E-state index in [9.17, 15) is 4.79 Å². The Bertz CT molecular complexity index is 679. The fraction of sp³-hybridized carbons (Fsp3) is 0.524. The van der Waals surface area contributed by atoms with Crippen molar-refractivity contribution in [2.24, 2.45) is 4.99 Å². The number of allylic oxidation sites excluding steroid dienone is 1. The molecule has 1 saturated carbocycles.